The minimum absolute atomic E-state index is 0.186. The van der Waals surface area contributed by atoms with Crippen molar-refractivity contribution in [2.24, 2.45) is 0 Å². The monoisotopic (exact) mass is 410 g/mol. The van der Waals surface area contributed by atoms with Crippen LogP contribution in [0.1, 0.15) is 23.0 Å². The summed E-state index contributed by atoms with van der Waals surface area (Å²) in [5.74, 6) is -0.139. The van der Waals surface area contributed by atoms with Crippen molar-refractivity contribution in [3.05, 3.63) is 71.2 Å². The highest BCUT2D eigenvalue weighted by Crippen LogP contribution is 2.26. The number of benzene rings is 2. The maximum absolute atomic E-state index is 12.5. The van der Waals surface area contributed by atoms with Gasteiger partial charge in [0.25, 0.3) is 5.91 Å². The van der Waals surface area contributed by atoms with Crippen LogP contribution in [0.2, 0.25) is 0 Å². The van der Waals surface area contributed by atoms with Crippen LogP contribution in [0.3, 0.4) is 0 Å². The summed E-state index contributed by atoms with van der Waals surface area (Å²) in [6, 6.07) is 17.0. The Morgan fingerprint density at radius 3 is 2.45 bits per heavy atom. The first-order valence-electron chi connectivity index (χ1n) is 9.07. The first-order chi connectivity index (χ1) is 14.0. The number of rotatable bonds is 7. The quantitative estimate of drug-likeness (QED) is 0.550. The van der Waals surface area contributed by atoms with Crippen molar-refractivity contribution >= 4 is 23.2 Å². The number of aromatic nitrogens is 1. The Hall–Kier alpha value is -3.19. The van der Waals surface area contributed by atoms with Crippen molar-refractivity contribution in [3.63, 3.8) is 0 Å². The predicted octanol–water partition coefficient (Wildman–Crippen LogP) is 4.02. The highest BCUT2D eigenvalue weighted by Gasteiger charge is 2.23. The number of amides is 1. The van der Waals surface area contributed by atoms with Gasteiger partial charge in [0, 0.05) is 24.5 Å². The standard InChI is InChI=1S/C22H22N2O4S/c1-15(21(25)24(2)13-16-7-5-4-6-8-16)28-22(26)19-14-29-20(23-19)17-9-11-18(27-3)12-10-17/h4-12,14-15H,13H2,1-3H3/t15-/m0/s1. The van der Waals surface area contributed by atoms with E-state index in [-0.39, 0.29) is 11.6 Å². The fourth-order valence-corrected chi connectivity index (χ4v) is 3.55. The maximum Gasteiger partial charge on any atom is 0.358 e. The van der Waals surface area contributed by atoms with Gasteiger partial charge in [0.2, 0.25) is 0 Å². The van der Waals surface area contributed by atoms with E-state index in [1.807, 2.05) is 54.6 Å². The molecule has 1 aromatic heterocycles. The number of hydrogen-bond acceptors (Lipinski definition) is 6. The van der Waals surface area contributed by atoms with Gasteiger partial charge in [-0.3, -0.25) is 4.79 Å². The van der Waals surface area contributed by atoms with Crippen LogP contribution >= 0.6 is 11.3 Å². The van der Waals surface area contributed by atoms with Crippen LogP contribution in [0, 0.1) is 0 Å². The van der Waals surface area contributed by atoms with Gasteiger partial charge < -0.3 is 14.4 Å². The number of carbonyl (C=O) groups excluding carboxylic acids is 2. The maximum atomic E-state index is 12.5. The Morgan fingerprint density at radius 2 is 1.79 bits per heavy atom. The molecule has 0 fully saturated rings. The molecule has 0 aliphatic heterocycles. The second-order valence-corrected chi connectivity index (χ2v) is 7.35. The summed E-state index contributed by atoms with van der Waals surface area (Å²) in [7, 11) is 3.29. The highest BCUT2D eigenvalue weighted by atomic mass is 32.1. The average molecular weight is 410 g/mol. The minimum atomic E-state index is -0.901. The van der Waals surface area contributed by atoms with Gasteiger partial charge in [-0.1, -0.05) is 30.3 Å². The molecule has 1 heterocycles. The third-order valence-electron chi connectivity index (χ3n) is 4.32. The third kappa shape index (κ3) is 5.20. The first-order valence-corrected chi connectivity index (χ1v) is 9.95. The Balaban J connectivity index is 1.60. The van der Waals surface area contributed by atoms with E-state index in [0.29, 0.717) is 11.6 Å². The number of hydrogen-bond donors (Lipinski definition) is 0. The van der Waals surface area contributed by atoms with Gasteiger partial charge in [0.1, 0.15) is 10.8 Å². The van der Waals surface area contributed by atoms with E-state index >= 15 is 0 Å². The van der Waals surface area contributed by atoms with Crippen LogP contribution in [0.5, 0.6) is 5.75 Å². The molecule has 1 amide bonds. The molecule has 0 aliphatic rings. The van der Waals surface area contributed by atoms with Crippen molar-refractivity contribution in [3.8, 4) is 16.3 Å². The molecular formula is C22H22N2O4S. The highest BCUT2D eigenvalue weighted by molar-refractivity contribution is 7.13. The van der Waals surface area contributed by atoms with Crippen LogP contribution in [0.15, 0.2) is 60.0 Å². The number of methoxy groups -OCH3 is 1. The third-order valence-corrected chi connectivity index (χ3v) is 5.21. The van der Waals surface area contributed by atoms with E-state index in [1.54, 1.807) is 26.5 Å². The van der Waals surface area contributed by atoms with Crippen LogP contribution < -0.4 is 4.74 Å². The molecule has 7 heteroatoms. The molecule has 0 bridgehead atoms. The molecule has 3 aromatic rings. The number of thiazole rings is 1. The van der Waals surface area contributed by atoms with Crippen molar-refractivity contribution in [1.29, 1.82) is 0 Å². The molecule has 0 saturated carbocycles. The van der Waals surface area contributed by atoms with E-state index in [9.17, 15) is 9.59 Å². The zero-order chi connectivity index (χ0) is 20.8. The van der Waals surface area contributed by atoms with Crippen molar-refractivity contribution in [1.82, 2.24) is 9.88 Å². The number of likely N-dealkylation sites (N-methyl/N-ethyl adjacent to an activating group) is 1. The predicted molar refractivity (Wildman–Crippen MR) is 112 cm³/mol. The zero-order valence-electron chi connectivity index (χ0n) is 16.5. The molecule has 29 heavy (non-hydrogen) atoms. The smallest absolute Gasteiger partial charge is 0.358 e. The summed E-state index contributed by atoms with van der Waals surface area (Å²) in [5.41, 5.74) is 2.07. The molecule has 0 N–H and O–H groups in total. The molecule has 3 rings (SSSR count). The molecule has 1 atom stereocenters. The minimum Gasteiger partial charge on any atom is -0.497 e. The van der Waals surface area contributed by atoms with Gasteiger partial charge in [-0.25, -0.2) is 9.78 Å². The SMILES string of the molecule is COc1ccc(-c2nc(C(=O)O[C@@H](C)C(=O)N(C)Cc3ccccc3)cs2)cc1. The van der Waals surface area contributed by atoms with Gasteiger partial charge >= 0.3 is 5.97 Å². The number of carbonyl (C=O) groups is 2. The van der Waals surface area contributed by atoms with Gasteiger partial charge in [-0.15, -0.1) is 11.3 Å². The molecule has 6 nitrogen and oxygen atoms in total. The average Bonchev–Trinajstić information content (AvgIpc) is 3.24. The lowest BCUT2D eigenvalue weighted by Crippen LogP contribution is -2.37. The molecule has 0 radical (unpaired) electrons. The van der Waals surface area contributed by atoms with Crippen LogP contribution in [0.25, 0.3) is 10.6 Å². The normalized spacial score (nSPS) is 11.6. The van der Waals surface area contributed by atoms with E-state index in [4.69, 9.17) is 9.47 Å². The molecule has 0 aliphatic carbocycles. The molecule has 150 valence electrons. The molecule has 0 saturated heterocycles. The van der Waals surface area contributed by atoms with Gasteiger partial charge in [-0.2, -0.15) is 0 Å². The Kier molecular flexibility index (Phi) is 6.61. The van der Waals surface area contributed by atoms with Crippen LogP contribution in [0.4, 0.5) is 0 Å². The summed E-state index contributed by atoms with van der Waals surface area (Å²) in [6.07, 6.45) is -0.901. The molecule has 0 spiro atoms. The second-order valence-electron chi connectivity index (χ2n) is 6.49. The summed E-state index contributed by atoms with van der Waals surface area (Å²) in [6.45, 7) is 2.01. The van der Waals surface area contributed by atoms with Crippen molar-refractivity contribution in [2.45, 2.75) is 19.6 Å². The lowest BCUT2D eigenvalue weighted by atomic mass is 10.2. The first kappa shape index (κ1) is 20.5. The van der Waals surface area contributed by atoms with E-state index in [2.05, 4.69) is 4.98 Å². The number of esters is 1. The Morgan fingerprint density at radius 1 is 1.10 bits per heavy atom. The molecular weight excluding hydrogens is 388 g/mol. The Bertz CT molecular complexity index is 970. The second kappa shape index (κ2) is 9.34. The van der Waals surface area contributed by atoms with Crippen molar-refractivity contribution < 1.29 is 19.1 Å². The van der Waals surface area contributed by atoms with E-state index in [0.717, 1.165) is 16.9 Å². The van der Waals surface area contributed by atoms with E-state index in [1.165, 1.54) is 16.2 Å². The fourth-order valence-electron chi connectivity index (χ4n) is 2.75. The van der Waals surface area contributed by atoms with Crippen molar-refractivity contribution in [2.75, 3.05) is 14.2 Å². The van der Waals surface area contributed by atoms with Gasteiger partial charge in [-0.05, 0) is 36.8 Å². The van der Waals surface area contributed by atoms with Gasteiger partial charge in [0.15, 0.2) is 11.8 Å². The van der Waals surface area contributed by atoms with Gasteiger partial charge in [0.05, 0.1) is 7.11 Å². The topological polar surface area (TPSA) is 68.7 Å². The molecule has 2 aromatic carbocycles. The summed E-state index contributed by atoms with van der Waals surface area (Å²) >= 11 is 1.34. The summed E-state index contributed by atoms with van der Waals surface area (Å²) < 4.78 is 10.5. The molecule has 0 unspecified atom stereocenters. The van der Waals surface area contributed by atoms with E-state index < -0.39 is 12.1 Å². The van der Waals surface area contributed by atoms with Crippen LogP contribution in [-0.2, 0) is 16.1 Å². The lowest BCUT2D eigenvalue weighted by Gasteiger charge is -2.21. The zero-order valence-corrected chi connectivity index (χ0v) is 17.3. The largest absolute Gasteiger partial charge is 0.497 e. The number of ether oxygens (including phenoxy) is 2. The number of nitrogens with zero attached hydrogens (tertiary/aromatic N) is 2. The van der Waals surface area contributed by atoms with Crippen LogP contribution in [-0.4, -0.2) is 42.0 Å². The Labute approximate surface area is 173 Å². The lowest BCUT2D eigenvalue weighted by molar-refractivity contribution is -0.139. The summed E-state index contributed by atoms with van der Waals surface area (Å²) in [4.78, 5) is 30.8. The fraction of sp³-hybridized carbons (Fsp3) is 0.227. The summed E-state index contributed by atoms with van der Waals surface area (Å²) in [5, 5.41) is 2.33.